The summed E-state index contributed by atoms with van der Waals surface area (Å²) in [6.07, 6.45) is -4.43. The van der Waals surface area contributed by atoms with Crippen molar-refractivity contribution in [1.29, 1.82) is 0 Å². The van der Waals surface area contributed by atoms with Gasteiger partial charge in [-0.25, -0.2) is 13.2 Å². The van der Waals surface area contributed by atoms with E-state index in [-0.39, 0.29) is 30.2 Å². The van der Waals surface area contributed by atoms with Gasteiger partial charge in [0.1, 0.15) is 0 Å². The number of anilines is 1. The number of carboxylic acids is 1. The van der Waals surface area contributed by atoms with E-state index in [4.69, 9.17) is 9.90 Å². The molecule has 2 heterocycles. The van der Waals surface area contributed by atoms with Crippen molar-refractivity contribution in [3.05, 3.63) is 65.2 Å². The average molecular weight is 544 g/mol. The number of nitrogens with zero attached hydrogens (tertiary/aromatic N) is 2. The van der Waals surface area contributed by atoms with E-state index < -0.39 is 22.2 Å². The number of likely N-dealkylation sites (tertiary alicyclic amines) is 1. The number of sulfonamides is 1. The second-order valence-electron chi connectivity index (χ2n) is 8.97. The number of carbonyl (C=O) groups is 2. The molecule has 2 aromatic carbocycles. The summed E-state index contributed by atoms with van der Waals surface area (Å²) >= 11 is 0. The largest absolute Gasteiger partial charge is 0.490 e. The zero-order valence-electron chi connectivity index (χ0n) is 20.0. The molecular weight excluding hydrogens is 515 g/mol. The Kier molecular flexibility index (Phi) is 8.82. The zero-order valence-corrected chi connectivity index (χ0v) is 20.8. The quantitative estimate of drug-likeness (QED) is 0.511. The lowest BCUT2D eigenvalue weighted by atomic mass is 10.0. The molecule has 0 radical (unpaired) electrons. The van der Waals surface area contributed by atoms with Crippen LogP contribution in [0.3, 0.4) is 0 Å². The molecule has 1 unspecified atom stereocenters. The van der Waals surface area contributed by atoms with E-state index in [1.807, 2.05) is 37.4 Å². The smallest absolute Gasteiger partial charge is 0.475 e. The number of hydrogen-bond donors (Lipinski definition) is 3. The number of hydrogen-bond acceptors (Lipinski definition) is 6. The maximum Gasteiger partial charge on any atom is 0.490 e. The van der Waals surface area contributed by atoms with Crippen molar-refractivity contribution in [2.45, 2.75) is 36.9 Å². The summed E-state index contributed by atoms with van der Waals surface area (Å²) in [6, 6.07) is 15.1. The number of nitrogens with one attached hydrogen (secondary N) is 1. The van der Waals surface area contributed by atoms with Crippen LogP contribution in [0.25, 0.3) is 0 Å². The molecule has 0 saturated carbocycles. The minimum atomic E-state index is -5.08. The normalized spacial score (nSPS) is 19.2. The van der Waals surface area contributed by atoms with Gasteiger partial charge in [-0.15, -0.1) is 0 Å². The summed E-state index contributed by atoms with van der Waals surface area (Å²) in [4.78, 5) is 26.0. The van der Waals surface area contributed by atoms with Crippen LogP contribution in [0, 0.1) is 0 Å². The Morgan fingerprint density at radius 3 is 2.41 bits per heavy atom. The minimum Gasteiger partial charge on any atom is -0.475 e. The number of carboxylic acid groups (broad SMARTS) is 1. The van der Waals surface area contributed by atoms with Crippen molar-refractivity contribution in [3.63, 3.8) is 0 Å². The van der Waals surface area contributed by atoms with Crippen LogP contribution in [-0.4, -0.2) is 79.3 Å². The van der Waals surface area contributed by atoms with Crippen LogP contribution in [0.5, 0.6) is 0 Å². The molecule has 2 aliphatic rings. The maximum absolute atomic E-state index is 13.1. The summed E-state index contributed by atoms with van der Waals surface area (Å²) in [7, 11) is -1.49. The van der Waals surface area contributed by atoms with Gasteiger partial charge < -0.3 is 15.1 Å². The molecule has 1 saturated heterocycles. The van der Waals surface area contributed by atoms with Crippen LogP contribution < -0.4 is 4.72 Å². The van der Waals surface area contributed by atoms with Crippen molar-refractivity contribution in [1.82, 2.24) is 9.80 Å². The van der Waals surface area contributed by atoms with Crippen LogP contribution >= 0.6 is 0 Å². The number of alkyl halides is 3. The molecule has 2 aromatic rings. The average Bonchev–Trinajstić information content (AvgIpc) is 3.37. The Balaban J connectivity index is 0.000000479. The molecule has 0 spiro atoms. The third-order valence-electron chi connectivity index (χ3n) is 6.10. The van der Waals surface area contributed by atoms with Crippen molar-refractivity contribution in [3.8, 4) is 0 Å². The minimum absolute atomic E-state index is 0.0302. The number of amides is 1. The SMILES string of the molecule is CN(C(=O)Cc1ccc2c(c1)CS(=O)(=O)N2)C(CN1CC[C@H](O)C1)c1ccccc1.O=C(O)C(F)(F)F. The van der Waals surface area contributed by atoms with Gasteiger partial charge in [-0.3, -0.25) is 14.4 Å². The first-order valence-electron chi connectivity index (χ1n) is 11.4. The summed E-state index contributed by atoms with van der Waals surface area (Å²) < 4.78 is 57.8. The third-order valence-corrected chi connectivity index (χ3v) is 7.32. The number of aliphatic hydroxyl groups is 1. The first-order chi connectivity index (χ1) is 17.2. The molecule has 0 aromatic heterocycles. The predicted molar refractivity (Wildman–Crippen MR) is 129 cm³/mol. The summed E-state index contributed by atoms with van der Waals surface area (Å²) in [5.74, 6) is -2.84. The fourth-order valence-corrected chi connectivity index (χ4v) is 5.46. The Hall–Kier alpha value is -3.16. The molecule has 13 heteroatoms. The Labute approximate surface area is 212 Å². The van der Waals surface area contributed by atoms with E-state index in [2.05, 4.69) is 9.62 Å². The Bertz CT molecular complexity index is 1220. The Morgan fingerprint density at radius 1 is 1.19 bits per heavy atom. The number of rotatable bonds is 6. The third kappa shape index (κ3) is 7.91. The summed E-state index contributed by atoms with van der Waals surface area (Å²) in [6.45, 7) is 2.10. The lowest BCUT2D eigenvalue weighted by Gasteiger charge is -2.32. The molecule has 2 atom stereocenters. The van der Waals surface area contributed by atoms with Crippen molar-refractivity contribution in [2.24, 2.45) is 0 Å². The number of benzene rings is 2. The number of likely N-dealkylation sites (N-methyl/N-ethyl adjacent to an activating group) is 1. The molecule has 1 fully saturated rings. The lowest BCUT2D eigenvalue weighted by Crippen LogP contribution is -2.39. The molecule has 202 valence electrons. The maximum atomic E-state index is 13.1. The van der Waals surface area contributed by atoms with Crippen LogP contribution in [0.4, 0.5) is 18.9 Å². The van der Waals surface area contributed by atoms with Gasteiger partial charge in [0, 0.05) is 26.7 Å². The van der Waals surface area contributed by atoms with Gasteiger partial charge in [0.05, 0.1) is 30.0 Å². The van der Waals surface area contributed by atoms with Gasteiger partial charge in [0.2, 0.25) is 15.9 Å². The van der Waals surface area contributed by atoms with E-state index in [1.165, 1.54) is 0 Å². The highest BCUT2D eigenvalue weighted by Gasteiger charge is 2.38. The number of carbonyl (C=O) groups excluding carboxylic acids is 1. The van der Waals surface area contributed by atoms with Gasteiger partial charge in [-0.1, -0.05) is 42.5 Å². The number of β-amino-alcohol motifs (C(OH)–C–C–N with tert-alkyl or cyclic N) is 1. The van der Waals surface area contributed by atoms with E-state index in [0.717, 1.165) is 24.1 Å². The molecule has 1 amide bonds. The molecule has 4 rings (SSSR count). The molecule has 9 nitrogen and oxygen atoms in total. The topological polar surface area (TPSA) is 127 Å². The van der Waals surface area contributed by atoms with Gasteiger partial charge in [0.15, 0.2) is 0 Å². The van der Waals surface area contributed by atoms with Crippen molar-refractivity contribution >= 4 is 27.6 Å². The molecule has 0 aliphatic carbocycles. The lowest BCUT2D eigenvalue weighted by molar-refractivity contribution is -0.192. The highest BCUT2D eigenvalue weighted by molar-refractivity contribution is 7.92. The predicted octanol–water partition coefficient (Wildman–Crippen LogP) is 2.38. The molecule has 37 heavy (non-hydrogen) atoms. The Morgan fingerprint density at radius 2 is 1.84 bits per heavy atom. The molecule has 0 bridgehead atoms. The van der Waals surface area contributed by atoms with Gasteiger partial charge in [-0.05, 0) is 29.2 Å². The number of halogens is 3. The number of aliphatic carboxylic acids is 1. The fourth-order valence-electron chi connectivity index (χ4n) is 4.21. The zero-order chi connectivity index (χ0) is 27.4. The van der Waals surface area contributed by atoms with Gasteiger partial charge in [-0.2, -0.15) is 13.2 Å². The monoisotopic (exact) mass is 543 g/mol. The first-order valence-corrected chi connectivity index (χ1v) is 13.0. The molecule has 2 aliphatic heterocycles. The highest BCUT2D eigenvalue weighted by atomic mass is 32.2. The standard InChI is InChI=1S/C22H27N3O4S.C2HF3O2/c1-24(21(17-5-3-2-4-6-17)14-25-10-9-19(26)13-25)22(27)12-16-7-8-20-18(11-16)15-30(28,29)23-20;3-2(4,5)1(6)7/h2-8,11,19,21,23,26H,9-10,12-15H2,1H3;(H,6,7)/t19-,21?;/m0./s1. The second-order valence-corrected chi connectivity index (χ2v) is 10.7. The number of fused-ring (bicyclic) bond motifs is 1. The highest BCUT2D eigenvalue weighted by Crippen LogP contribution is 2.29. The van der Waals surface area contributed by atoms with Crippen molar-refractivity contribution < 1.29 is 41.4 Å². The van der Waals surface area contributed by atoms with E-state index in [1.54, 1.807) is 23.1 Å². The summed E-state index contributed by atoms with van der Waals surface area (Å²) in [5, 5.41) is 17.0. The molecule has 3 N–H and O–H groups in total. The summed E-state index contributed by atoms with van der Waals surface area (Å²) in [5.41, 5.74) is 3.15. The van der Waals surface area contributed by atoms with E-state index in [9.17, 15) is 31.5 Å². The van der Waals surface area contributed by atoms with Crippen LogP contribution in [0.1, 0.15) is 29.2 Å². The van der Waals surface area contributed by atoms with Gasteiger partial charge in [0.25, 0.3) is 0 Å². The van der Waals surface area contributed by atoms with Crippen molar-refractivity contribution in [2.75, 3.05) is 31.4 Å². The fraction of sp³-hybridized carbons (Fsp3) is 0.417. The molecular formula is C24H28F3N3O6S. The van der Waals surface area contributed by atoms with Crippen LogP contribution in [0.15, 0.2) is 48.5 Å². The van der Waals surface area contributed by atoms with Crippen LogP contribution in [-0.2, 0) is 31.8 Å². The first kappa shape index (κ1) is 28.4. The number of aliphatic hydroxyl groups excluding tert-OH is 1. The second kappa shape index (κ2) is 11.5. The van der Waals surface area contributed by atoms with Crippen LogP contribution in [0.2, 0.25) is 0 Å². The van der Waals surface area contributed by atoms with Gasteiger partial charge >= 0.3 is 12.1 Å². The van der Waals surface area contributed by atoms with E-state index >= 15 is 0 Å². The van der Waals surface area contributed by atoms with E-state index in [0.29, 0.717) is 24.3 Å².